The summed E-state index contributed by atoms with van der Waals surface area (Å²) in [5.41, 5.74) is 0.723. The first-order valence-corrected chi connectivity index (χ1v) is 8.10. The number of sulfonamides is 1. The molecular weight excluding hydrogens is 316 g/mol. The van der Waals surface area contributed by atoms with Gasteiger partial charge in [-0.05, 0) is 30.3 Å². The number of nitrogens with zero attached hydrogens (tertiary/aromatic N) is 3. The molecule has 0 unspecified atom stereocenters. The maximum Gasteiger partial charge on any atom is 0.240 e. The number of H-pyrrole nitrogens is 1. The van der Waals surface area contributed by atoms with E-state index in [1.54, 1.807) is 12.1 Å². The second-order valence-corrected chi connectivity index (χ2v) is 6.36. The normalized spacial score (nSPS) is 11.7. The fraction of sp³-hybridized carbons (Fsp3) is 0.364. The molecule has 21 heavy (non-hydrogen) atoms. The highest BCUT2D eigenvalue weighted by Gasteiger charge is 2.16. The van der Waals surface area contributed by atoms with Crippen LogP contribution < -0.4 is 10.0 Å². The van der Waals surface area contributed by atoms with Gasteiger partial charge in [0, 0.05) is 11.6 Å². The summed E-state index contributed by atoms with van der Waals surface area (Å²) in [5.74, 6) is 0.264. The number of benzene rings is 1. The van der Waals surface area contributed by atoms with Gasteiger partial charge in [0.25, 0.3) is 0 Å². The molecule has 2 aromatic rings. The number of hydrogen-bond acceptors (Lipinski definition) is 6. The summed E-state index contributed by atoms with van der Waals surface area (Å²) in [7, 11) is -3.66. The molecule has 3 N–H and O–H groups in total. The van der Waals surface area contributed by atoms with Crippen molar-refractivity contribution < 1.29 is 8.42 Å². The summed E-state index contributed by atoms with van der Waals surface area (Å²) in [5, 5.41) is 16.6. The van der Waals surface area contributed by atoms with Crippen molar-refractivity contribution in [3.63, 3.8) is 0 Å². The standard InChI is InChI=1S/C11H15ClN6O2S/c1-2-13-6-8-5-9(3-4-10(8)12)21(19,20)14-7-11-15-17-18-16-11/h3-5,13-14H,2,6-7H2,1H3,(H,15,16,17,18). The molecule has 1 aromatic heterocycles. The summed E-state index contributed by atoms with van der Waals surface area (Å²) in [4.78, 5) is 0.142. The molecule has 1 aromatic carbocycles. The molecule has 0 aliphatic rings. The summed E-state index contributed by atoms with van der Waals surface area (Å²) in [6, 6.07) is 4.57. The highest BCUT2D eigenvalue weighted by molar-refractivity contribution is 7.89. The van der Waals surface area contributed by atoms with Crippen LogP contribution in [0.25, 0.3) is 0 Å². The summed E-state index contributed by atoms with van der Waals surface area (Å²) < 4.78 is 26.8. The maximum atomic E-state index is 12.2. The summed E-state index contributed by atoms with van der Waals surface area (Å²) in [6.45, 7) is 3.19. The van der Waals surface area contributed by atoms with E-state index in [1.807, 2.05) is 6.92 Å². The van der Waals surface area contributed by atoms with Gasteiger partial charge in [-0.15, -0.1) is 10.2 Å². The van der Waals surface area contributed by atoms with Crippen LogP contribution in [0.5, 0.6) is 0 Å². The Hall–Kier alpha value is -1.55. The van der Waals surface area contributed by atoms with Gasteiger partial charge in [0.05, 0.1) is 11.4 Å². The van der Waals surface area contributed by atoms with Crippen molar-refractivity contribution >= 4 is 21.6 Å². The van der Waals surface area contributed by atoms with E-state index < -0.39 is 10.0 Å². The zero-order valence-electron chi connectivity index (χ0n) is 11.3. The van der Waals surface area contributed by atoms with Crippen molar-refractivity contribution in [2.24, 2.45) is 0 Å². The van der Waals surface area contributed by atoms with Crippen LogP contribution in [-0.4, -0.2) is 35.6 Å². The van der Waals surface area contributed by atoms with Gasteiger partial charge in [-0.25, -0.2) is 13.1 Å². The Morgan fingerprint density at radius 2 is 2.14 bits per heavy atom. The highest BCUT2D eigenvalue weighted by Crippen LogP contribution is 2.20. The molecule has 114 valence electrons. The van der Waals surface area contributed by atoms with Crippen LogP contribution in [0.4, 0.5) is 0 Å². The quantitative estimate of drug-likeness (QED) is 0.679. The lowest BCUT2D eigenvalue weighted by Crippen LogP contribution is -2.24. The molecule has 8 nitrogen and oxygen atoms in total. The van der Waals surface area contributed by atoms with E-state index in [0.29, 0.717) is 11.6 Å². The van der Waals surface area contributed by atoms with Gasteiger partial charge in [0.1, 0.15) is 0 Å². The molecule has 10 heteroatoms. The number of rotatable bonds is 7. The van der Waals surface area contributed by atoms with Gasteiger partial charge in [0.15, 0.2) is 5.82 Å². The van der Waals surface area contributed by atoms with Crippen LogP contribution in [-0.2, 0) is 23.1 Å². The average molecular weight is 331 g/mol. The molecular formula is C11H15ClN6O2S. The molecule has 0 aliphatic carbocycles. The molecule has 0 spiro atoms. The number of hydrogen-bond donors (Lipinski definition) is 3. The first kappa shape index (κ1) is 15.8. The SMILES string of the molecule is CCNCc1cc(S(=O)(=O)NCc2nn[nH]n2)ccc1Cl. The van der Waals surface area contributed by atoms with E-state index >= 15 is 0 Å². The molecule has 0 bridgehead atoms. The molecule has 0 fully saturated rings. The minimum atomic E-state index is -3.66. The fourth-order valence-corrected chi connectivity index (χ4v) is 2.83. The van der Waals surface area contributed by atoms with Crippen molar-refractivity contribution in [2.75, 3.05) is 6.54 Å². The van der Waals surface area contributed by atoms with Crippen LogP contribution in [0.2, 0.25) is 5.02 Å². The molecule has 0 saturated carbocycles. The van der Waals surface area contributed by atoms with Crippen LogP contribution in [0.15, 0.2) is 23.1 Å². The minimum absolute atomic E-state index is 0.0377. The van der Waals surface area contributed by atoms with E-state index in [0.717, 1.165) is 12.1 Å². The average Bonchev–Trinajstić information content (AvgIpc) is 2.97. The van der Waals surface area contributed by atoms with Gasteiger partial charge in [-0.3, -0.25) is 0 Å². The number of aromatic nitrogens is 4. The Labute approximate surface area is 127 Å². The van der Waals surface area contributed by atoms with Crippen LogP contribution in [0.3, 0.4) is 0 Å². The Balaban J connectivity index is 2.15. The number of tetrazole rings is 1. The third-order valence-corrected chi connectivity index (χ3v) is 4.47. The minimum Gasteiger partial charge on any atom is -0.313 e. The van der Waals surface area contributed by atoms with Crippen molar-refractivity contribution in [1.29, 1.82) is 0 Å². The van der Waals surface area contributed by atoms with Crippen LogP contribution in [0, 0.1) is 0 Å². The van der Waals surface area contributed by atoms with Gasteiger partial charge in [-0.1, -0.05) is 23.7 Å². The number of halogens is 1. The highest BCUT2D eigenvalue weighted by atomic mass is 35.5. The lowest BCUT2D eigenvalue weighted by atomic mass is 10.2. The summed E-state index contributed by atoms with van der Waals surface area (Å²) in [6.07, 6.45) is 0. The molecule has 2 rings (SSSR count). The van der Waals surface area contributed by atoms with E-state index in [9.17, 15) is 8.42 Å². The Morgan fingerprint density at radius 3 is 2.81 bits per heavy atom. The van der Waals surface area contributed by atoms with Crippen molar-refractivity contribution in [3.05, 3.63) is 34.6 Å². The van der Waals surface area contributed by atoms with Crippen molar-refractivity contribution in [3.8, 4) is 0 Å². The van der Waals surface area contributed by atoms with E-state index in [2.05, 4.69) is 30.7 Å². The summed E-state index contributed by atoms with van der Waals surface area (Å²) >= 11 is 6.05. The number of nitrogens with one attached hydrogen (secondary N) is 3. The third kappa shape index (κ3) is 4.21. The van der Waals surface area contributed by atoms with Crippen LogP contribution >= 0.6 is 11.6 Å². The largest absolute Gasteiger partial charge is 0.313 e. The lowest BCUT2D eigenvalue weighted by Gasteiger charge is -2.09. The maximum absolute atomic E-state index is 12.2. The van der Waals surface area contributed by atoms with Crippen LogP contribution in [0.1, 0.15) is 18.3 Å². The van der Waals surface area contributed by atoms with Gasteiger partial charge < -0.3 is 5.32 Å². The predicted molar refractivity (Wildman–Crippen MR) is 77.0 cm³/mol. The molecule has 0 atom stereocenters. The van der Waals surface area contributed by atoms with Crippen molar-refractivity contribution in [2.45, 2.75) is 24.9 Å². The zero-order chi connectivity index (χ0) is 15.3. The van der Waals surface area contributed by atoms with E-state index in [4.69, 9.17) is 11.6 Å². The molecule has 0 aliphatic heterocycles. The zero-order valence-corrected chi connectivity index (χ0v) is 12.9. The Bertz CT molecular complexity index is 689. The van der Waals surface area contributed by atoms with Gasteiger partial charge in [-0.2, -0.15) is 5.21 Å². The topological polar surface area (TPSA) is 113 Å². The second kappa shape index (κ2) is 6.94. The first-order chi connectivity index (χ1) is 10.0. The number of aromatic amines is 1. The Morgan fingerprint density at radius 1 is 1.33 bits per heavy atom. The predicted octanol–water partition coefficient (Wildman–Crippen LogP) is 0.441. The van der Waals surface area contributed by atoms with E-state index in [1.165, 1.54) is 6.07 Å². The third-order valence-electron chi connectivity index (χ3n) is 2.70. The lowest BCUT2D eigenvalue weighted by molar-refractivity contribution is 0.579. The fourth-order valence-electron chi connectivity index (χ4n) is 1.61. The van der Waals surface area contributed by atoms with E-state index in [-0.39, 0.29) is 17.3 Å². The Kier molecular flexibility index (Phi) is 5.23. The molecule has 0 amide bonds. The van der Waals surface area contributed by atoms with Gasteiger partial charge >= 0.3 is 0 Å². The monoisotopic (exact) mass is 330 g/mol. The van der Waals surface area contributed by atoms with Gasteiger partial charge in [0.2, 0.25) is 10.0 Å². The van der Waals surface area contributed by atoms with Crippen molar-refractivity contribution in [1.82, 2.24) is 30.7 Å². The smallest absolute Gasteiger partial charge is 0.240 e. The molecule has 0 saturated heterocycles. The molecule has 1 heterocycles. The second-order valence-electron chi connectivity index (χ2n) is 4.19. The first-order valence-electron chi connectivity index (χ1n) is 6.24. The molecule has 0 radical (unpaired) electrons.